The van der Waals surface area contributed by atoms with E-state index in [9.17, 15) is 9.18 Å². The van der Waals surface area contributed by atoms with Gasteiger partial charge in [0.2, 0.25) is 5.91 Å². The minimum atomic E-state index is -0.267. The molecule has 1 saturated heterocycles. The second-order valence-corrected chi connectivity index (χ2v) is 8.29. The van der Waals surface area contributed by atoms with Crippen molar-refractivity contribution in [1.29, 1.82) is 0 Å². The summed E-state index contributed by atoms with van der Waals surface area (Å²) in [5, 5.41) is 5.42. The van der Waals surface area contributed by atoms with Gasteiger partial charge in [0.15, 0.2) is 5.96 Å². The van der Waals surface area contributed by atoms with Gasteiger partial charge in [-0.2, -0.15) is 0 Å². The molecule has 1 aliphatic rings. The van der Waals surface area contributed by atoms with Crippen LogP contribution in [0.1, 0.15) is 23.5 Å². The topological polar surface area (TPSA) is 57.2 Å². The molecular formula is C21H27FN4O2S. The number of rotatable bonds is 5. The first-order valence-electron chi connectivity index (χ1n) is 9.59. The van der Waals surface area contributed by atoms with Gasteiger partial charge >= 0.3 is 0 Å². The monoisotopic (exact) mass is 418 g/mol. The molecule has 1 amide bonds. The van der Waals surface area contributed by atoms with Crippen LogP contribution in [0.25, 0.3) is 0 Å². The van der Waals surface area contributed by atoms with Crippen molar-refractivity contribution in [3.8, 4) is 0 Å². The Balaban J connectivity index is 1.77. The fourth-order valence-corrected chi connectivity index (χ4v) is 3.76. The summed E-state index contributed by atoms with van der Waals surface area (Å²) in [7, 11) is 3.44. The number of aliphatic imine (C=N–C) groups is 1. The Bertz CT molecular complexity index is 824. The molecule has 8 heteroatoms. The maximum absolute atomic E-state index is 13.3. The van der Waals surface area contributed by atoms with Gasteiger partial charge in [-0.1, -0.05) is 18.2 Å². The highest BCUT2D eigenvalue weighted by Gasteiger charge is 2.28. The van der Waals surface area contributed by atoms with Crippen LogP contribution in [0.5, 0.6) is 0 Å². The van der Waals surface area contributed by atoms with E-state index in [4.69, 9.17) is 4.74 Å². The minimum absolute atomic E-state index is 0.0305. The number of thiophene rings is 1. The van der Waals surface area contributed by atoms with Gasteiger partial charge in [0.1, 0.15) is 18.5 Å². The number of nitrogens with zero attached hydrogens (tertiary/aromatic N) is 3. The molecule has 2 aromatic rings. The van der Waals surface area contributed by atoms with Gasteiger partial charge in [0.05, 0.1) is 19.2 Å². The fourth-order valence-electron chi connectivity index (χ4n) is 3.12. The SMILES string of the molecule is CC1CN(C(=NCC(=O)N(C)C)NCc2cccs2)CC(c2ccc(F)cc2)O1. The second kappa shape index (κ2) is 9.84. The van der Waals surface area contributed by atoms with Crippen LogP contribution >= 0.6 is 11.3 Å². The highest BCUT2D eigenvalue weighted by molar-refractivity contribution is 7.09. The van der Waals surface area contributed by atoms with E-state index in [2.05, 4.69) is 21.3 Å². The van der Waals surface area contributed by atoms with E-state index in [1.165, 1.54) is 21.9 Å². The molecule has 0 saturated carbocycles. The first-order valence-corrected chi connectivity index (χ1v) is 10.5. The lowest BCUT2D eigenvalue weighted by Gasteiger charge is -2.38. The van der Waals surface area contributed by atoms with E-state index in [0.717, 1.165) is 5.56 Å². The van der Waals surface area contributed by atoms with Crippen LogP contribution < -0.4 is 5.32 Å². The Hall–Kier alpha value is -2.45. The van der Waals surface area contributed by atoms with E-state index in [0.29, 0.717) is 25.6 Å². The number of hydrogen-bond acceptors (Lipinski definition) is 4. The molecule has 0 bridgehead atoms. The maximum atomic E-state index is 13.3. The lowest BCUT2D eigenvalue weighted by Crippen LogP contribution is -2.50. The molecule has 29 heavy (non-hydrogen) atoms. The standard InChI is InChI=1S/C21H27FN4O2S/c1-15-13-26(14-19(28-15)16-6-8-17(22)9-7-16)21(24-12-20(27)25(2)3)23-11-18-5-4-10-29-18/h4-10,15,19H,11-14H2,1-3H3,(H,23,24). The van der Waals surface area contributed by atoms with E-state index in [1.54, 1.807) is 37.6 Å². The lowest BCUT2D eigenvalue weighted by atomic mass is 10.1. The zero-order valence-corrected chi connectivity index (χ0v) is 17.8. The highest BCUT2D eigenvalue weighted by atomic mass is 32.1. The average Bonchev–Trinajstić information content (AvgIpc) is 3.21. The van der Waals surface area contributed by atoms with Crippen molar-refractivity contribution >= 4 is 23.2 Å². The third-order valence-corrected chi connectivity index (χ3v) is 5.54. The summed E-state index contributed by atoms with van der Waals surface area (Å²) < 4.78 is 19.4. The molecule has 0 spiro atoms. The molecule has 1 fully saturated rings. The Morgan fingerprint density at radius 2 is 2.07 bits per heavy atom. The van der Waals surface area contributed by atoms with Crippen molar-refractivity contribution in [1.82, 2.24) is 15.1 Å². The summed E-state index contributed by atoms with van der Waals surface area (Å²) >= 11 is 1.67. The quantitative estimate of drug-likeness (QED) is 0.599. The van der Waals surface area contributed by atoms with Gasteiger partial charge in [-0.25, -0.2) is 9.38 Å². The van der Waals surface area contributed by atoms with Gasteiger partial charge in [-0.3, -0.25) is 4.79 Å². The Morgan fingerprint density at radius 3 is 2.72 bits per heavy atom. The minimum Gasteiger partial charge on any atom is -0.367 e. The summed E-state index contributed by atoms with van der Waals surface area (Å²) in [5.74, 6) is 0.351. The van der Waals surface area contributed by atoms with Gasteiger partial charge in [0.25, 0.3) is 0 Å². The van der Waals surface area contributed by atoms with E-state index in [-0.39, 0.29) is 30.5 Å². The molecular weight excluding hydrogens is 391 g/mol. The van der Waals surface area contributed by atoms with E-state index in [1.807, 2.05) is 18.4 Å². The van der Waals surface area contributed by atoms with Crippen LogP contribution in [0, 0.1) is 5.82 Å². The number of guanidine groups is 1. The molecule has 1 aliphatic heterocycles. The molecule has 1 aromatic carbocycles. The molecule has 156 valence electrons. The van der Waals surface area contributed by atoms with E-state index >= 15 is 0 Å². The van der Waals surface area contributed by atoms with Crippen molar-refractivity contribution < 1.29 is 13.9 Å². The fraction of sp³-hybridized carbons (Fsp3) is 0.429. The summed E-state index contributed by atoms with van der Waals surface area (Å²) in [6.07, 6.45) is -0.227. The molecule has 0 aliphatic carbocycles. The Kier molecular flexibility index (Phi) is 7.22. The number of likely N-dealkylation sites (N-methyl/N-ethyl adjacent to an activating group) is 1. The first-order chi connectivity index (χ1) is 13.9. The average molecular weight is 419 g/mol. The smallest absolute Gasteiger partial charge is 0.243 e. The predicted octanol–water partition coefficient (Wildman–Crippen LogP) is 2.88. The normalized spacial score (nSPS) is 19.9. The van der Waals surface area contributed by atoms with Crippen molar-refractivity contribution in [2.45, 2.75) is 25.7 Å². The van der Waals surface area contributed by atoms with E-state index < -0.39 is 0 Å². The predicted molar refractivity (Wildman–Crippen MR) is 113 cm³/mol. The number of amides is 1. The molecule has 0 radical (unpaired) electrons. The number of ether oxygens (including phenoxy) is 1. The van der Waals surface area contributed by atoms with Crippen LogP contribution in [-0.4, -0.2) is 61.5 Å². The largest absolute Gasteiger partial charge is 0.367 e. The summed E-state index contributed by atoms with van der Waals surface area (Å²) in [5.41, 5.74) is 0.921. The van der Waals surface area contributed by atoms with Crippen LogP contribution in [0.15, 0.2) is 46.8 Å². The van der Waals surface area contributed by atoms with Crippen LogP contribution in [-0.2, 0) is 16.1 Å². The van der Waals surface area contributed by atoms with Gasteiger partial charge < -0.3 is 19.9 Å². The van der Waals surface area contributed by atoms with Gasteiger partial charge in [-0.05, 0) is 36.1 Å². The Morgan fingerprint density at radius 1 is 1.31 bits per heavy atom. The molecule has 2 atom stereocenters. The van der Waals surface area contributed by atoms with Crippen molar-refractivity contribution in [3.63, 3.8) is 0 Å². The van der Waals surface area contributed by atoms with Crippen LogP contribution in [0.3, 0.4) is 0 Å². The molecule has 2 heterocycles. The number of carbonyl (C=O) groups is 1. The van der Waals surface area contributed by atoms with Crippen LogP contribution in [0.2, 0.25) is 0 Å². The molecule has 6 nitrogen and oxygen atoms in total. The zero-order valence-electron chi connectivity index (χ0n) is 17.0. The van der Waals surface area contributed by atoms with Crippen molar-refractivity contribution in [2.24, 2.45) is 4.99 Å². The lowest BCUT2D eigenvalue weighted by molar-refractivity contribution is -0.127. The number of carbonyl (C=O) groups excluding carboxylic acids is 1. The molecule has 2 unspecified atom stereocenters. The zero-order chi connectivity index (χ0) is 20.8. The summed E-state index contributed by atoms with van der Waals surface area (Å²) in [4.78, 5) is 21.5. The highest BCUT2D eigenvalue weighted by Crippen LogP contribution is 2.25. The maximum Gasteiger partial charge on any atom is 0.243 e. The molecule has 3 rings (SSSR count). The second-order valence-electron chi connectivity index (χ2n) is 7.25. The number of halogens is 1. The van der Waals surface area contributed by atoms with Gasteiger partial charge in [0, 0.05) is 25.5 Å². The summed E-state index contributed by atoms with van der Waals surface area (Å²) in [6, 6.07) is 10.5. The van der Waals surface area contributed by atoms with Gasteiger partial charge in [-0.15, -0.1) is 11.3 Å². The molecule has 1 aromatic heterocycles. The summed E-state index contributed by atoms with van der Waals surface area (Å²) in [6.45, 7) is 3.95. The number of nitrogens with one attached hydrogen (secondary N) is 1. The van der Waals surface area contributed by atoms with Crippen LogP contribution in [0.4, 0.5) is 4.39 Å². The Labute approximate surface area is 175 Å². The molecule has 1 N–H and O–H groups in total. The number of morpholine rings is 1. The third-order valence-electron chi connectivity index (χ3n) is 4.67. The first kappa shape index (κ1) is 21.3. The number of benzene rings is 1. The van der Waals surface area contributed by atoms with Crippen molar-refractivity contribution in [3.05, 3.63) is 58.0 Å². The third kappa shape index (κ3) is 6.01. The number of hydrogen-bond donors (Lipinski definition) is 1. The van der Waals surface area contributed by atoms with Crippen molar-refractivity contribution in [2.75, 3.05) is 33.7 Å².